The van der Waals surface area contributed by atoms with E-state index in [1.165, 1.54) is 9.35 Å². The predicted molar refractivity (Wildman–Crippen MR) is 71.9 cm³/mol. The molecule has 0 saturated carbocycles. The number of hydrogen-bond donors (Lipinski definition) is 1. The van der Waals surface area contributed by atoms with Crippen LogP contribution in [-0.4, -0.2) is 18.2 Å². The van der Waals surface area contributed by atoms with Gasteiger partial charge in [-0.05, 0) is 54.1 Å². The number of halogens is 1. The van der Waals surface area contributed by atoms with Crippen molar-refractivity contribution in [2.75, 3.05) is 6.61 Å². The second-order valence-electron chi connectivity index (χ2n) is 4.87. The zero-order chi connectivity index (χ0) is 11.6. The van der Waals surface area contributed by atoms with Gasteiger partial charge in [-0.3, -0.25) is 0 Å². The second kappa shape index (κ2) is 5.17. The Labute approximate surface area is 110 Å². The van der Waals surface area contributed by atoms with Crippen LogP contribution in [0.4, 0.5) is 0 Å². The molecule has 90 valence electrons. The van der Waals surface area contributed by atoms with Gasteiger partial charge in [-0.1, -0.05) is 0 Å². The molecule has 1 aromatic rings. The van der Waals surface area contributed by atoms with Crippen LogP contribution in [0.2, 0.25) is 0 Å². The summed E-state index contributed by atoms with van der Waals surface area (Å²) in [4.78, 5) is 1.38. The molecule has 2 heterocycles. The van der Waals surface area contributed by atoms with E-state index in [-0.39, 0.29) is 5.60 Å². The average Bonchev–Trinajstić information content (AvgIpc) is 2.60. The largest absolute Gasteiger partial charge is 0.375 e. The Morgan fingerprint density at radius 2 is 2.44 bits per heavy atom. The molecule has 0 spiro atoms. The van der Waals surface area contributed by atoms with E-state index in [0.717, 1.165) is 26.0 Å². The Bertz CT molecular complexity index is 351. The van der Waals surface area contributed by atoms with Crippen LogP contribution >= 0.6 is 27.3 Å². The van der Waals surface area contributed by atoms with Gasteiger partial charge in [-0.25, -0.2) is 0 Å². The molecule has 1 N–H and O–H groups in total. The van der Waals surface area contributed by atoms with E-state index >= 15 is 0 Å². The van der Waals surface area contributed by atoms with Crippen LogP contribution in [-0.2, 0) is 11.3 Å². The van der Waals surface area contributed by atoms with Crippen molar-refractivity contribution in [2.24, 2.45) is 0 Å². The number of nitrogens with one attached hydrogen (secondary N) is 1. The first kappa shape index (κ1) is 12.6. The van der Waals surface area contributed by atoms with Crippen molar-refractivity contribution in [3.05, 3.63) is 20.8 Å². The minimum atomic E-state index is 0.0304. The van der Waals surface area contributed by atoms with Gasteiger partial charge in [-0.2, -0.15) is 0 Å². The molecule has 1 aliphatic rings. The second-order valence-corrected chi connectivity index (χ2v) is 6.73. The lowest BCUT2D eigenvalue weighted by Gasteiger charge is -2.35. The molecule has 4 heteroatoms. The van der Waals surface area contributed by atoms with Crippen LogP contribution in [0.15, 0.2) is 15.9 Å². The fourth-order valence-corrected chi connectivity index (χ4v) is 3.54. The highest BCUT2D eigenvalue weighted by Gasteiger charge is 2.28. The molecule has 1 aliphatic heterocycles. The van der Waals surface area contributed by atoms with E-state index in [2.05, 4.69) is 46.5 Å². The van der Waals surface area contributed by atoms with Gasteiger partial charge in [0.05, 0.1) is 5.60 Å². The third-order valence-corrected chi connectivity index (χ3v) is 4.87. The minimum absolute atomic E-state index is 0.0304. The molecule has 0 bridgehead atoms. The van der Waals surface area contributed by atoms with Gasteiger partial charge >= 0.3 is 0 Å². The first-order valence-corrected chi connectivity index (χ1v) is 7.33. The average molecular weight is 304 g/mol. The van der Waals surface area contributed by atoms with E-state index in [0.29, 0.717) is 6.04 Å². The highest BCUT2D eigenvalue weighted by Crippen LogP contribution is 2.26. The van der Waals surface area contributed by atoms with Crippen molar-refractivity contribution in [1.82, 2.24) is 5.32 Å². The number of rotatable bonds is 3. The van der Waals surface area contributed by atoms with Crippen molar-refractivity contribution in [1.29, 1.82) is 0 Å². The first-order valence-electron chi connectivity index (χ1n) is 5.66. The van der Waals surface area contributed by atoms with E-state index in [1.807, 2.05) is 0 Å². The lowest BCUT2D eigenvalue weighted by molar-refractivity contribution is -0.0630. The van der Waals surface area contributed by atoms with Gasteiger partial charge in [0.25, 0.3) is 0 Å². The van der Waals surface area contributed by atoms with Gasteiger partial charge in [0, 0.05) is 28.5 Å². The minimum Gasteiger partial charge on any atom is -0.375 e. The maximum atomic E-state index is 5.71. The maximum absolute atomic E-state index is 5.71. The highest BCUT2D eigenvalue weighted by atomic mass is 79.9. The Kier molecular flexibility index (Phi) is 4.06. The van der Waals surface area contributed by atoms with Gasteiger partial charge in [0.2, 0.25) is 0 Å². The number of ether oxygens (including phenoxy) is 1. The van der Waals surface area contributed by atoms with Crippen LogP contribution in [0.1, 0.15) is 31.6 Å². The quantitative estimate of drug-likeness (QED) is 0.922. The van der Waals surface area contributed by atoms with Crippen LogP contribution in [0, 0.1) is 0 Å². The maximum Gasteiger partial charge on any atom is 0.0641 e. The van der Waals surface area contributed by atoms with Crippen molar-refractivity contribution in [3.63, 3.8) is 0 Å². The molecule has 1 unspecified atom stereocenters. The van der Waals surface area contributed by atoms with Crippen molar-refractivity contribution < 1.29 is 4.74 Å². The molecular formula is C12H18BrNOS. The fourth-order valence-electron chi connectivity index (χ4n) is 2.09. The topological polar surface area (TPSA) is 21.3 Å². The van der Waals surface area contributed by atoms with E-state index < -0.39 is 0 Å². The van der Waals surface area contributed by atoms with Gasteiger partial charge < -0.3 is 10.1 Å². The summed E-state index contributed by atoms with van der Waals surface area (Å²) in [5.74, 6) is 0. The van der Waals surface area contributed by atoms with Crippen LogP contribution in [0.25, 0.3) is 0 Å². The molecule has 2 rings (SSSR count). The Morgan fingerprint density at radius 3 is 3.06 bits per heavy atom. The third kappa shape index (κ3) is 3.29. The standard InChI is InChI=1S/C12H18BrNOS/c1-12(2)7-9(3-5-15-12)14-8-11-10(13)4-6-16-11/h4,6,9,14H,3,5,7-8H2,1-2H3. The highest BCUT2D eigenvalue weighted by molar-refractivity contribution is 9.10. The van der Waals surface area contributed by atoms with Crippen LogP contribution in [0.3, 0.4) is 0 Å². The molecule has 1 fully saturated rings. The SMILES string of the molecule is CC1(C)CC(NCc2sccc2Br)CCO1. The summed E-state index contributed by atoms with van der Waals surface area (Å²) in [5, 5.41) is 5.74. The van der Waals surface area contributed by atoms with Crippen molar-refractivity contribution in [3.8, 4) is 0 Å². The lowest BCUT2D eigenvalue weighted by Crippen LogP contribution is -2.43. The third-order valence-electron chi connectivity index (χ3n) is 2.94. The Hall–Kier alpha value is 0.1000. The first-order chi connectivity index (χ1) is 7.57. The lowest BCUT2D eigenvalue weighted by atomic mass is 9.94. The summed E-state index contributed by atoms with van der Waals surface area (Å²) < 4.78 is 6.93. The van der Waals surface area contributed by atoms with Crippen LogP contribution < -0.4 is 5.32 Å². The zero-order valence-corrected chi connectivity index (χ0v) is 12.2. The Balaban J connectivity index is 1.84. The van der Waals surface area contributed by atoms with Gasteiger partial charge in [-0.15, -0.1) is 11.3 Å². The van der Waals surface area contributed by atoms with Crippen molar-refractivity contribution >= 4 is 27.3 Å². The van der Waals surface area contributed by atoms with E-state index in [4.69, 9.17) is 4.74 Å². The summed E-state index contributed by atoms with van der Waals surface area (Å²) in [5.41, 5.74) is 0.0304. The van der Waals surface area contributed by atoms with E-state index in [9.17, 15) is 0 Å². The fraction of sp³-hybridized carbons (Fsp3) is 0.667. The molecule has 0 radical (unpaired) electrons. The molecular weight excluding hydrogens is 286 g/mol. The Morgan fingerprint density at radius 1 is 1.62 bits per heavy atom. The zero-order valence-electron chi connectivity index (χ0n) is 9.75. The monoisotopic (exact) mass is 303 g/mol. The summed E-state index contributed by atoms with van der Waals surface area (Å²) in [6.45, 7) is 6.17. The van der Waals surface area contributed by atoms with E-state index in [1.54, 1.807) is 11.3 Å². The molecule has 16 heavy (non-hydrogen) atoms. The number of thiophene rings is 1. The van der Waals surface area contributed by atoms with Gasteiger partial charge in [0.1, 0.15) is 0 Å². The molecule has 0 aromatic carbocycles. The molecule has 1 atom stereocenters. The molecule has 0 amide bonds. The predicted octanol–water partition coefficient (Wildman–Crippen LogP) is 3.56. The molecule has 2 nitrogen and oxygen atoms in total. The molecule has 0 aliphatic carbocycles. The van der Waals surface area contributed by atoms with Crippen molar-refractivity contribution in [2.45, 2.75) is 44.9 Å². The summed E-state index contributed by atoms with van der Waals surface area (Å²) >= 11 is 5.36. The van der Waals surface area contributed by atoms with Gasteiger partial charge in [0.15, 0.2) is 0 Å². The summed E-state index contributed by atoms with van der Waals surface area (Å²) in [6.07, 6.45) is 2.21. The molecule has 1 aromatic heterocycles. The van der Waals surface area contributed by atoms with Crippen LogP contribution in [0.5, 0.6) is 0 Å². The molecule has 1 saturated heterocycles. The summed E-state index contributed by atoms with van der Waals surface area (Å²) in [7, 11) is 0. The smallest absolute Gasteiger partial charge is 0.0641 e. The normalized spacial score (nSPS) is 24.6. The number of hydrogen-bond acceptors (Lipinski definition) is 3. The summed E-state index contributed by atoms with van der Waals surface area (Å²) in [6, 6.07) is 2.69.